The molecule has 0 aromatic carbocycles. The largest absolute Gasteiger partial charge is 0.100 e. The molecule has 7 heavy (non-hydrogen) atoms. The molecule has 41 valence electrons. The van der Waals surface area contributed by atoms with E-state index in [-0.39, 0.29) is 0 Å². The van der Waals surface area contributed by atoms with Crippen LogP contribution < -0.4 is 0 Å². The Balaban J connectivity index is 2.82. The minimum absolute atomic E-state index is 0.868. The summed E-state index contributed by atoms with van der Waals surface area (Å²) in [7, 11) is 0. The van der Waals surface area contributed by atoms with Crippen molar-refractivity contribution in [2.45, 2.75) is 19.8 Å². The van der Waals surface area contributed by atoms with Crippen LogP contribution in [0.1, 0.15) is 19.8 Å². The number of hydrogen-bond acceptors (Lipinski definition) is 0. The van der Waals surface area contributed by atoms with Crippen LogP contribution in [0.5, 0.6) is 0 Å². The summed E-state index contributed by atoms with van der Waals surface area (Å²) in [6, 6.07) is 0. The Bertz CT molecular complexity index is 57.2. The molecule has 0 saturated heterocycles. The van der Waals surface area contributed by atoms with E-state index in [1.165, 1.54) is 5.57 Å². The topological polar surface area (TPSA) is 0 Å². The Hall–Kier alpha value is 0.0900. The van der Waals surface area contributed by atoms with E-state index in [2.05, 4.69) is 6.58 Å². The normalized spacial score (nSPS) is 8.86. The molecule has 0 atom stereocenters. The first-order chi connectivity index (χ1) is 3.27. The van der Waals surface area contributed by atoms with Gasteiger partial charge in [-0.1, -0.05) is 18.2 Å². The van der Waals surface area contributed by atoms with E-state index in [0.717, 1.165) is 18.6 Å². The van der Waals surface area contributed by atoms with E-state index in [4.69, 9.17) is 12.6 Å². The minimum Gasteiger partial charge on any atom is -0.100 e. The quantitative estimate of drug-likeness (QED) is 0.496. The highest BCUT2D eigenvalue weighted by Gasteiger charge is 1.82. The van der Waals surface area contributed by atoms with Crippen LogP contribution in [0.2, 0.25) is 0 Å². The summed E-state index contributed by atoms with van der Waals surface area (Å²) in [5.74, 6) is 0.868. The molecule has 0 bridgehead atoms. The van der Waals surface area contributed by atoms with Gasteiger partial charge in [-0.25, -0.2) is 0 Å². The first-order valence-electron chi connectivity index (χ1n) is 2.50. The fraction of sp³-hybridized carbons (Fsp3) is 0.667. The molecule has 1 radical (unpaired) electrons. The maximum Gasteiger partial charge on any atom is 0.00399 e. The van der Waals surface area contributed by atoms with Crippen molar-refractivity contribution in [3.63, 3.8) is 0 Å². The van der Waals surface area contributed by atoms with Gasteiger partial charge in [0.05, 0.1) is 0 Å². The highest BCUT2D eigenvalue weighted by atomic mass is 32.1. The molecule has 0 aliphatic heterocycles. The monoisotopic (exact) mass is 115 g/mol. The van der Waals surface area contributed by atoms with Gasteiger partial charge in [0, 0.05) is 5.75 Å². The van der Waals surface area contributed by atoms with Crippen LogP contribution in [0.15, 0.2) is 12.2 Å². The lowest BCUT2D eigenvalue weighted by Crippen LogP contribution is -1.75. The lowest BCUT2D eigenvalue weighted by molar-refractivity contribution is 0.923. The van der Waals surface area contributed by atoms with Crippen molar-refractivity contribution in [2.75, 3.05) is 5.75 Å². The number of allylic oxidation sites excluding steroid dienone is 1. The molecule has 0 fully saturated rings. The van der Waals surface area contributed by atoms with Crippen molar-refractivity contribution in [1.29, 1.82) is 0 Å². The van der Waals surface area contributed by atoms with Gasteiger partial charge in [0.25, 0.3) is 0 Å². The summed E-state index contributed by atoms with van der Waals surface area (Å²) in [5.41, 5.74) is 1.24. The van der Waals surface area contributed by atoms with Crippen LogP contribution >= 0.6 is 12.6 Å². The Labute approximate surface area is 51.0 Å². The second-order valence-electron chi connectivity index (χ2n) is 1.76. The molecule has 0 rings (SSSR count). The first-order valence-corrected chi connectivity index (χ1v) is 3.07. The van der Waals surface area contributed by atoms with Gasteiger partial charge in [0.15, 0.2) is 0 Å². The van der Waals surface area contributed by atoms with Gasteiger partial charge in [-0.2, -0.15) is 0 Å². The van der Waals surface area contributed by atoms with E-state index < -0.39 is 0 Å². The zero-order chi connectivity index (χ0) is 5.70. The summed E-state index contributed by atoms with van der Waals surface area (Å²) in [6.45, 7) is 5.78. The maximum atomic E-state index is 4.73. The van der Waals surface area contributed by atoms with Crippen LogP contribution in [0.25, 0.3) is 0 Å². The summed E-state index contributed by atoms with van der Waals surface area (Å²) >= 11 is 4.73. The van der Waals surface area contributed by atoms with Gasteiger partial charge in [0.2, 0.25) is 0 Å². The summed E-state index contributed by atoms with van der Waals surface area (Å²) < 4.78 is 0. The van der Waals surface area contributed by atoms with Crippen molar-refractivity contribution in [2.24, 2.45) is 0 Å². The molecular weight excluding hydrogens is 104 g/mol. The maximum absolute atomic E-state index is 4.73. The standard InChI is InChI=1S/C6H11S/c1-6(2)4-3-5-7/h1,3-5H2,2H3. The average molecular weight is 115 g/mol. The van der Waals surface area contributed by atoms with E-state index in [9.17, 15) is 0 Å². The lowest BCUT2D eigenvalue weighted by Gasteiger charge is -1.90. The van der Waals surface area contributed by atoms with Crippen molar-refractivity contribution >= 4 is 12.6 Å². The summed E-state index contributed by atoms with van der Waals surface area (Å²) in [6.07, 6.45) is 2.22. The summed E-state index contributed by atoms with van der Waals surface area (Å²) in [4.78, 5) is 0. The lowest BCUT2D eigenvalue weighted by atomic mass is 10.2. The smallest absolute Gasteiger partial charge is 0.00399 e. The number of rotatable bonds is 3. The second kappa shape index (κ2) is 4.25. The Morgan fingerprint density at radius 1 is 1.71 bits per heavy atom. The van der Waals surface area contributed by atoms with Gasteiger partial charge in [0.1, 0.15) is 0 Å². The Morgan fingerprint density at radius 2 is 2.29 bits per heavy atom. The first kappa shape index (κ1) is 7.09. The van der Waals surface area contributed by atoms with Crippen molar-refractivity contribution in [1.82, 2.24) is 0 Å². The molecule has 0 heterocycles. The third kappa shape index (κ3) is 6.09. The predicted molar refractivity (Wildman–Crippen MR) is 36.5 cm³/mol. The van der Waals surface area contributed by atoms with Gasteiger partial charge < -0.3 is 0 Å². The molecular formula is C6H11S. The summed E-state index contributed by atoms with van der Waals surface area (Å²) in [5, 5.41) is 0. The van der Waals surface area contributed by atoms with Crippen LogP contribution in [0.3, 0.4) is 0 Å². The zero-order valence-corrected chi connectivity index (χ0v) is 5.55. The van der Waals surface area contributed by atoms with E-state index in [1.807, 2.05) is 6.92 Å². The molecule has 0 unspecified atom stereocenters. The third-order valence-corrected chi connectivity index (χ3v) is 1.04. The van der Waals surface area contributed by atoms with Gasteiger partial charge >= 0.3 is 0 Å². The molecule has 0 saturated carbocycles. The molecule has 0 N–H and O–H groups in total. The average Bonchev–Trinajstić information content (AvgIpc) is 1.61. The van der Waals surface area contributed by atoms with Crippen LogP contribution in [-0.4, -0.2) is 5.75 Å². The molecule has 0 aromatic rings. The van der Waals surface area contributed by atoms with Crippen molar-refractivity contribution in [3.05, 3.63) is 12.2 Å². The van der Waals surface area contributed by atoms with Gasteiger partial charge in [-0.3, -0.25) is 0 Å². The predicted octanol–water partition coefficient (Wildman–Crippen LogP) is 2.54. The van der Waals surface area contributed by atoms with Crippen LogP contribution in [0.4, 0.5) is 0 Å². The molecule has 0 nitrogen and oxygen atoms in total. The third-order valence-electron chi connectivity index (χ3n) is 0.748. The molecule has 0 aliphatic carbocycles. The van der Waals surface area contributed by atoms with Crippen LogP contribution in [0, 0.1) is 0 Å². The van der Waals surface area contributed by atoms with Crippen molar-refractivity contribution in [3.8, 4) is 0 Å². The van der Waals surface area contributed by atoms with Crippen LogP contribution in [-0.2, 0) is 0 Å². The van der Waals surface area contributed by atoms with Crippen molar-refractivity contribution < 1.29 is 0 Å². The SMILES string of the molecule is C=C(C)CCC[S]. The van der Waals surface area contributed by atoms with Gasteiger partial charge in [-0.05, 0) is 19.8 Å². The second-order valence-corrected chi connectivity index (χ2v) is 2.17. The Morgan fingerprint density at radius 3 is 2.43 bits per heavy atom. The van der Waals surface area contributed by atoms with E-state index >= 15 is 0 Å². The highest BCUT2D eigenvalue weighted by Crippen LogP contribution is 1.99. The highest BCUT2D eigenvalue weighted by molar-refractivity contribution is 7.80. The number of hydrogen-bond donors (Lipinski definition) is 0. The minimum atomic E-state index is 0.868. The fourth-order valence-electron chi connectivity index (χ4n) is 0.374. The molecule has 0 amide bonds. The molecule has 0 aliphatic rings. The van der Waals surface area contributed by atoms with Gasteiger partial charge in [-0.15, -0.1) is 6.58 Å². The molecule has 0 aromatic heterocycles. The zero-order valence-electron chi connectivity index (χ0n) is 4.74. The Kier molecular flexibility index (Phi) is 4.31. The van der Waals surface area contributed by atoms with E-state index in [0.29, 0.717) is 0 Å². The fourth-order valence-corrected chi connectivity index (χ4v) is 0.518. The molecule has 1 heteroatoms. The van der Waals surface area contributed by atoms with E-state index in [1.54, 1.807) is 0 Å². The molecule has 0 spiro atoms.